The predicted octanol–water partition coefficient (Wildman–Crippen LogP) is 12.5. The molecule has 49 heavy (non-hydrogen) atoms. The Morgan fingerprint density at radius 2 is 1.22 bits per heavy atom. The van der Waals surface area contributed by atoms with Gasteiger partial charge in [0, 0.05) is 0 Å². The molecule has 4 aliphatic rings. The molecule has 0 aliphatic heterocycles. The second-order valence-electron chi connectivity index (χ2n) is 18.3. The van der Waals surface area contributed by atoms with E-state index in [1.165, 1.54) is 92.7 Å². The third kappa shape index (κ3) is 6.65. The van der Waals surface area contributed by atoms with Crippen molar-refractivity contribution in [2.45, 2.75) is 125 Å². The first-order chi connectivity index (χ1) is 23.8. The van der Waals surface area contributed by atoms with Crippen molar-refractivity contribution in [3.8, 4) is 0 Å². The molecule has 0 nitrogen and oxygen atoms in total. The average molecular weight is 676 g/mol. The van der Waals surface area contributed by atoms with Crippen LogP contribution in [-0.2, 0) is 0 Å². The topological polar surface area (TPSA) is 0 Å². The summed E-state index contributed by atoms with van der Waals surface area (Å²) in [4.78, 5) is 0. The molecule has 4 fully saturated rings. The monoisotopic (exact) mass is 676 g/mol. The fourth-order valence-electron chi connectivity index (χ4n) is 13.4. The van der Waals surface area contributed by atoms with Crippen molar-refractivity contribution in [2.24, 2.45) is 58.2 Å². The summed E-state index contributed by atoms with van der Waals surface area (Å²) in [5.41, 5.74) is 1.23. The molecule has 7 rings (SSSR count). The molecule has 4 aliphatic carbocycles. The first-order valence-corrected chi connectivity index (χ1v) is 22.8. The van der Waals surface area contributed by atoms with Gasteiger partial charge in [-0.25, -0.2) is 0 Å². The first kappa shape index (κ1) is 35.5. The van der Waals surface area contributed by atoms with Crippen molar-refractivity contribution in [2.75, 3.05) is 6.16 Å². The van der Waals surface area contributed by atoms with Gasteiger partial charge in [0.2, 0.25) is 0 Å². The highest BCUT2D eigenvalue weighted by atomic mass is 31.2. The number of hydrogen-bond acceptors (Lipinski definition) is 0. The van der Waals surface area contributed by atoms with Gasteiger partial charge in [-0.1, -0.05) is 115 Å². The molecule has 0 N–H and O–H groups in total. The number of hydrogen-bond donors (Lipinski definition) is 0. The summed E-state index contributed by atoms with van der Waals surface area (Å²) in [6.07, 6.45) is 22.0. The van der Waals surface area contributed by atoms with Crippen LogP contribution in [0.1, 0.15) is 125 Å². The molecular weight excluding hydrogens is 608 g/mol. The van der Waals surface area contributed by atoms with E-state index in [1.54, 1.807) is 19.3 Å². The highest BCUT2D eigenvalue weighted by molar-refractivity contribution is 7.95. The van der Waals surface area contributed by atoms with Crippen molar-refractivity contribution in [3.05, 3.63) is 91.0 Å². The van der Waals surface area contributed by atoms with Gasteiger partial charge in [-0.3, -0.25) is 0 Å². The van der Waals surface area contributed by atoms with Crippen LogP contribution in [0.4, 0.5) is 0 Å². The molecule has 0 aromatic heterocycles. The molecule has 3 aromatic carbocycles. The SMILES string of the molecule is CCCC1CC[C@@]2(C)C(CC[C@H]3[C@@H]4CC[C@H]([C@H](C)CCCC(C)C[P+](c5ccccc5)(c5ccccc5)c5ccccc5)[C@@]4(C)CC[C@@H]32)C1. The minimum atomic E-state index is -1.76. The summed E-state index contributed by atoms with van der Waals surface area (Å²) >= 11 is 0. The van der Waals surface area contributed by atoms with Gasteiger partial charge in [-0.05, 0) is 159 Å². The zero-order valence-corrected chi connectivity index (χ0v) is 32.7. The molecule has 0 radical (unpaired) electrons. The maximum atomic E-state index is 2.79. The smallest absolute Gasteiger partial charge is 0.0654 e. The minimum absolute atomic E-state index is 0.587. The molecule has 1 heteroatoms. The van der Waals surface area contributed by atoms with E-state index in [2.05, 4.69) is 126 Å². The second-order valence-corrected chi connectivity index (χ2v) is 21.9. The Kier molecular flexibility index (Phi) is 10.9. The fourth-order valence-corrected chi connectivity index (χ4v) is 18.0. The van der Waals surface area contributed by atoms with Crippen molar-refractivity contribution in [3.63, 3.8) is 0 Å². The number of rotatable bonds is 12. The van der Waals surface area contributed by atoms with E-state index in [-0.39, 0.29) is 0 Å². The molecule has 10 atom stereocenters. The molecule has 0 spiro atoms. The van der Waals surface area contributed by atoms with Crippen LogP contribution in [0.2, 0.25) is 0 Å². The van der Waals surface area contributed by atoms with Gasteiger partial charge in [0.15, 0.2) is 0 Å². The van der Waals surface area contributed by atoms with Crippen molar-refractivity contribution >= 4 is 23.2 Å². The molecule has 264 valence electrons. The minimum Gasteiger partial charge on any atom is -0.0654 e. The molecule has 4 saturated carbocycles. The van der Waals surface area contributed by atoms with Crippen LogP contribution in [0.5, 0.6) is 0 Å². The average Bonchev–Trinajstić information content (AvgIpc) is 3.49. The molecular formula is C48H68P+. The summed E-state index contributed by atoms with van der Waals surface area (Å²) < 4.78 is 0. The van der Waals surface area contributed by atoms with Gasteiger partial charge in [-0.15, -0.1) is 0 Å². The summed E-state index contributed by atoms with van der Waals surface area (Å²) in [5.74, 6) is 7.56. The first-order valence-electron chi connectivity index (χ1n) is 20.8. The highest BCUT2D eigenvalue weighted by Crippen LogP contribution is 2.69. The summed E-state index contributed by atoms with van der Waals surface area (Å²) in [6.45, 7) is 13.2. The highest BCUT2D eigenvalue weighted by Gasteiger charge is 2.60. The second kappa shape index (κ2) is 15.0. The number of benzene rings is 3. The van der Waals surface area contributed by atoms with E-state index >= 15 is 0 Å². The van der Waals surface area contributed by atoms with Crippen LogP contribution in [-0.4, -0.2) is 6.16 Å². The lowest BCUT2D eigenvalue weighted by Gasteiger charge is -2.61. The largest absolute Gasteiger partial charge is 0.112 e. The van der Waals surface area contributed by atoms with Crippen molar-refractivity contribution in [1.82, 2.24) is 0 Å². The molecule has 0 bridgehead atoms. The van der Waals surface area contributed by atoms with E-state index in [4.69, 9.17) is 0 Å². The Morgan fingerprint density at radius 1 is 0.653 bits per heavy atom. The van der Waals surface area contributed by atoms with E-state index < -0.39 is 7.26 Å². The standard InChI is InChI=1S/C48H68P/c1-6-17-38-30-32-47(4)39(34-38)26-27-43-45-29-28-44(48(45,5)33-31-46(43)47)37(3)19-16-18-36(2)35-49(40-20-10-7-11-21-40,41-22-12-8-13-23-41)42-24-14-9-15-25-42/h7-15,20-25,36-39,43-46H,6,16-19,26-35H2,1-5H3/q+1/t36?,37-,38?,39?,43+,44-,45+,46+,47+,48-/m1/s1. The summed E-state index contributed by atoms with van der Waals surface area (Å²) in [7, 11) is -1.76. The van der Waals surface area contributed by atoms with Crippen LogP contribution < -0.4 is 15.9 Å². The normalized spacial score (nSPS) is 34.0. The Labute approximate surface area is 302 Å². The van der Waals surface area contributed by atoms with Crippen LogP contribution in [0, 0.1) is 58.2 Å². The van der Waals surface area contributed by atoms with Crippen molar-refractivity contribution in [1.29, 1.82) is 0 Å². The Hall–Kier alpha value is -1.91. The predicted molar refractivity (Wildman–Crippen MR) is 216 cm³/mol. The number of fused-ring (bicyclic) bond motifs is 5. The Bertz CT molecular complexity index is 1370. The lowest BCUT2D eigenvalue weighted by atomic mass is 9.44. The molecule has 0 amide bonds. The molecule has 0 saturated heterocycles. The third-order valence-electron chi connectivity index (χ3n) is 15.8. The zero-order chi connectivity index (χ0) is 34.1. The third-order valence-corrected chi connectivity index (χ3v) is 20.5. The zero-order valence-electron chi connectivity index (χ0n) is 31.8. The molecule has 3 unspecified atom stereocenters. The van der Waals surface area contributed by atoms with E-state index in [0.29, 0.717) is 16.7 Å². The van der Waals surface area contributed by atoms with E-state index in [0.717, 1.165) is 41.4 Å². The van der Waals surface area contributed by atoms with Gasteiger partial charge in [-0.2, -0.15) is 0 Å². The Morgan fingerprint density at radius 3 is 1.82 bits per heavy atom. The summed E-state index contributed by atoms with van der Waals surface area (Å²) in [6, 6.07) is 34.6. The van der Waals surface area contributed by atoms with Crippen LogP contribution in [0.15, 0.2) is 91.0 Å². The van der Waals surface area contributed by atoms with Gasteiger partial charge in [0.25, 0.3) is 0 Å². The van der Waals surface area contributed by atoms with Crippen LogP contribution >= 0.6 is 7.26 Å². The molecule has 3 aromatic rings. The van der Waals surface area contributed by atoms with Crippen LogP contribution in [0.3, 0.4) is 0 Å². The summed E-state index contributed by atoms with van der Waals surface area (Å²) in [5, 5.41) is 4.60. The fraction of sp³-hybridized carbons (Fsp3) is 0.625. The van der Waals surface area contributed by atoms with E-state index in [1.807, 2.05) is 0 Å². The van der Waals surface area contributed by atoms with Gasteiger partial charge in [0.05, 0.1) is 6.16 Å². The van der Waals surface area contributed by atoms with E-state index in [9.17, 15) is 0 Å². The molecule has 0 heterocycles. The van der Waals surface area contributed by atoms with Gasteiger partial charge >= 0.3 is 0 Å². The van der Waals surface area contributed by atoms with Gasteiger partial charge in [0.1, 0.15) is 23.2 Å². The van der Waals surface area contributed by atoms with Crippen LogP contribution in [0.25, 0.3) is 0 Å². The maximum Gasteiger partial charge on any atom is 0.112 e. The Balaban J connectivity index is 1.01. The lowest BCUT2D eigenvalue weighted by Crippen LogP contribution is -2.53. The lowest BCUT2D eigenvalue weighted by molar-refractivity contribution is -0.121. The quantitative estimate of drug-likeness (QED) is 0.168. The van der Waals surface area contributed by atoms with Gasteiger partial charge < -0.3 is 0 Å². The van der Waals surface area contributed by atoms with Crippen molar-refractivity contribution < 1.29 is 0 Å². The maximum absolute atomic E-state index is 2.79.